The van der Waals surface area contributed by atoms with E-state index in [2.05, 4.69) is 5.32 Å². The summed E-state index contributed by atoms with van der Waals surface area (Å²) in [4.78, 5) is 10.5. The summed E-state index contributed by atoms with van der Waals surface area (Å²) in [7, 11) is 0. The Labute approximate surface area is 107 Å². The van der Waals surface area contributed by atoms with Crippen LogP contribution in [0.25, 0.3) is 0 Å². The van der Waals surface area contributed by atoms with Gasteiger partial charge in [-0.3, -0.25) is 10.1 Å². The number of nitro benzene ring substituents is 1. The van der Waals surface area contributed by atoms with Crippen molar-refractivity contribution in [2.45, 2.75) is 33.4 Å². The van der Waals surface area contributed by atoms with E-state index >= 15 is 0 Å². The number of ether oxygens (including phenoxy) is 1. The van der Waals surface area contributed by atoms with Gasteiger partial charge in [0.25, 0.3) is 5.69 Å². The van der Waals surface area contributed by atoms with E-state index in [0.29, 0.717) is 18.7 Å². The molecular weight excluding hydrogens is 232 g/mol. The zero-order chi connectivity index (χ0) is 13.5. The van der Waals surface area contributed by atoms with Gasteiger partial charge in [-0.15, -0.1) is 0 Å². The van der Waals surface area contributed by atoms with Gasteiger partial charge in [0.2, 0.25) is 0 Å². The van der Waals surface area contributed by atoms with Crippen molar-refractivity contribution in [3.05, 3.63) is 39.4 Å². The van der Waals surface area contributed by atoms with E-state index in [1.165, 1.54) is 0 Å². The largest absolute Gasteiger partial charge is 0.377 e. The number of hydrogen-bond acceptors (Lipinski definition) is 4. The predicted molar refractivity (Wildman–Crippen MR) is 70.6 cm³/mol. The van der Waals surface area contributed by atoms with Crippen molar-refractivity contribution in [3.63, 3.8) is 0 Å². The summed E-state index contributed by atoms with van der Waals surface area (Å²) in [6.45, 7) is 7.73. The summed E-state index contributed by atoms with van der Waals surface area (Å²) in [6.07, 6.45) is 0.149. The molecule has 0 aliphatic carbocycles. The zero-order valence-electron chi connectivity index (χ0n) is 11.1. The van der Waals surface area contributed by atoms with Crippen molar-refractivity contribution >= 4 is 5.69 Å². The molecule has 0 aliphatic heterocycles. The van der Waals surface area contributed by atoms with Crippen LogP contribution in [0.1, 0.15) is 25.0 Å². The van der Waals surface area contributed by atoms with E-state index in [9.17, 15) is 10.1 Å². The van der Waals surface area contributed by atoms with Crippen LogP contribution in [0.3, 0.4) is 0 Å². The molecule has 0 aliphatic rings. The molecule has 18 heavy (non-hydrogen) atoms. The molecular formula is C13H20N2O3. The first-order chi connectivity index (χ1) is 8.54. The summed E-state index contributed by atoms with van der Waals surface area (Å²) in [6, 6.07) is 5.30. The molecule has 1 atom stereocenters. The highest BCUT2D eigenvalue weighted by Gasteiger charge is 2.10. The molecule has 1 unspecified atom stereocenters. The molecule has 0 bridgehead atoms. The Kier molecular flexibility index (Phi) is 5.74. The maximum atomic E-state index is 10.8. The van der Waals surface area contributed by atoms with Gasteiger partial charge in [0.1, 0.15) is 0 Å². The number of aryl methyl sites for hydroxylation is 1. The van der Waals surface area contributed by atoms with Gasteiger partial charge in [0, 0.05) is 31.3 Å². The molecule has 5 nitrogen and oxygen atoms in total. The van der Waals surface area contributed by atoms with E-state index in [1.807, 2.05) is 19.9 Å². The van der Waals surface area contributed by atoms with Crippen molar-refractivity contribution in [2.24, 2.45) is 0 Å². The summed E-state index contributed by atoms with van der Waals surface area (Å²) in [5, 5.41) is 14.0. The van der Waals surface area contributed by atoms with Crippen molar-refractivity contribution in [3.8, 4) is 0 Å². The Morgan fingerprint density at radius 1 is 1.50 bits per heavy atom. The molecule has 0 saturated heterocycles. The van der Waals surface area contributed by atoms with Gasteiger partial charge >= 0.3 is 0 Å². The molecule has 1 aromatic rings. The van der Waals surface area contributed by atoms with E-state index in [1.54, 1.807) is 19.1 Å². The molecule has 0 amide bonds. The van der Waals surface area contributed by atoms with E-state index in [-0.39, 0.29) is 16.7 Å². The SMILES string of the molecule is CCOC(C)CNCc1ccc(C)c([N+](=O)[O-])c1. The van der Waals surface area contributed by atoms with Crippen LogP contribution in [0.5, 0.6) is 0 Å². The third kappa shape index (κ3) is 4.43. The average molecular weight is 252 g/mol. The summed E-state index contributed by atoms with van der Waals surface area (Å²) in [5.41, 5.74) is 1.77. The standard InChI is InChI=1S/C13H20N2O3/c1-4-18-11(3)8-14-9-12-6-5-10(2)13(7-12)15(16)17/h5-7,11,14H,4,8-9H2,1-3H3. The fourth-order valence-corrected chi connectivity index (χ4v) is 1.72. The maximum absolute atomic E-state index is 10.8. The lowest BCUT2D eigenvalue weighted by Crippen LogP contribution is -2.26. The number of nitrogens with one attached hydrogen (secondary N) is 1. The summed E-state index contributed by atoms with van der Waals surface area (Å²) >= 11 is 0. The Hall–Kier alpha value is -1.46. The number of benzene rings is 1. The topological polar surface area (TPSA) is 64.4 Å². The maximum Gasteiger partial charge on any atom is 0.272 e. The van der Waals surface area contributed by atoms with Crippen molar-refractivity contribution in [1.29, 1.82) is 0 Å². The number of hydrogen-bond donors (Lipinski definition) is 1. The van der Waals surface area contributed by atoms with Crippen LogP contribution in [-0.4, -0.2) is 24.2 Å². The van der Waals surface area contributed by atoms with Crippen LogP contribution >= 0.6 is 0 Å². The molecule has 0 aromatic heterocycles. The zero-order valence-corrected chi connectivity index (χ0v) is 11.1. The molecule has 0 saturated carbocycles. The minimum absolute atomic E-state index is 0.149. The number of nitrogens with zero attached hydrogens (tertiary/aromatic N) is 1. The van der Waals surface area contributed by atoms with E-state index in [4.69, 9.17) is 4.74 Å². The summed E-state index contributed by atoms with van der Waals surface area (Å²) in [5.74, 6) is 0. The quantitative estimate of drug-likeness (QED) is 0.598. The number of rotatable bonds is 7. The van der Waals surface area contributed by atoms with E-state index in [0.717, 1.165) is 12.1 Å². The van der Waals surface area contributed by atoms with Gasteiger partial charge in [-0.2, -0.15) is 0 Å². The highest BCUT2D eigenvalue weighted by molar-refractivity contribution is 5.42. The first kappa shape index (κ1) is 14.6. The second-order valence-corrected chi connectivity index (χ2v) is 4.27. The van der Waals surface area contributed by atoms with Gasteiger partial charge in [-0.1, -0.05) is 12.1 Å². The highest BCUT2D eigenvalue weighted by atomic mass is 16.6. The second-order valence-electron chi connectivity index (χ2n) is 4.27. The Morgan fingerprint density at radius 3 is 2.83 bits per heavy atom. The van der Waals surface area contributed by atoms with Crippen LogP contribution in [0.2, 0.25) is 0 Å². The Bertz CT molecular complexity index is 407. The Morgan fingerprint density at radius 2 is 2.22 bits per heavy atom. The predicted octanol–water partition coefficient (Wildman–Crippen LogP) is 2.42. The summed E-state index contributed by atoms with van der Waals surface area (Å²) < 4.78 is 5.39. The number of nitro groups is 1. The third-order valence-electron chi connectivity index (χ3n) is 2.68. The monoisotopic (exact) mass is 252 g/mol. The fourth-order valence-electron chi connectivity index (χ4n) is 1.72. The first-order valence-corrected chi connectivity index (χ1v) is 6.10. The van der Waals surface area contributed by atoms with Crippen LogP contribution in [-0.2, 0) is 11.3 Å². The lowest BCUT2D eigenvalue weighted by atomic mass is 10.1. The van der Waals surface area contributed by atoms with Crippen molar-refractivity contribution < 1.29 is 9.66 Å². The van der Waals surface area contributed by atoms with E-state index < -0.39 is 0 Å². The highest BCUT2D eigenvalue weighted by Crippen LogP contribution is 2.18. The molecule has 0 fully saturated rings. The van der Waals surface area contributed by atoms with Gasteiger partial charge in [0.15, 0.2) is 0 Å². The molecule has 5 heteroatoms. The minimum atomic E-state index is -0.346. The molecule has 0 spiro atoms. The van der Waals surface area contributed by atoms with Crippen molar-refractivity contribution in [1.82, 2.24) is 5.32 Å². The average Bonchev–Trinajstić information content (AvgIpc) is 2.31. The third-order valence-corrected chi connectivity index (χ3v) is 2.68. The van der Waals surface area contributed by atoms with Crippen LogP contribution in [0.15, 0.2) is 18.2 Å². The molecule has 1 N–H and O–H groups in total. The molecule has 1 rings (SSSR count). The smallest absolute Gasteiger partial charge is 0.272 e. The second kappa shape index (κ2) is 7.08. The normalized spacial score (nSPS) is 12.4. The van der Waals surface area contributed by atoms with Crippen molar-refractivity contribution in [2.75, 3.05) is 13.2 Å². The molecule has 0 radical (unpaired) electrons. The van der Waals surface area contributed by atoms with Gasteiger partial charge in [-0.25, -0.2) is 0 Å². The van der Waals surface area contributed by atoms with Crippen LogP contribution < -0.4 is 5.32 Å². The van der Waals surface area contributed by atoms with Gasteiger partial charge in [-0.05, 0) is 26.3 Å². The minimum Gasteiger partial charge on any atom is -0.377 e. The molecule has 0 heterocycles. The Balaban J connectivity index is 2.53. The fraction of sp³-hybridized carbons (Fsp3) is 0.538. The molecule has 1 aromatic carbocycles. The lowest BCUT2D eigenvalue weighted by molar-refractivity contribution is -0.385. The van der Waals surface area contributed by atoms with Gasteiger partial charge in [0.05, 0.1) is 11.0 Å². The lowest BCUT2D eigenvalue weighted by Gasteiger charge is -2.12. The van der Waals surface area contributed by atoms with Crippen LogP contribution in [0, 0.1) is 17.0 Å². The van der Waals surface area contributed by atoms with Crippen LogP contribution in [0.4, 0.5) is 5.69 Å². The van der Waals surface area contributed by atoms with Gasteiger partial charge < -0.3 is 10.1 Å². The first-order valence-electron chi connectivity index (χ1n) is 6.10. The molecule has 100 valence electrons.